The summed E-state index contributed by atoms with van der Waals surface area (Å²) in [5, 5.41) is 3.83. The minimum atomic E-state index is 0.126. The van der Waals surface area contributed by atoms with Crippen molar-refractivity contribution in [1.29, 1.82) is 0 Å². The molecule has 4 aliphatic carbocycles. The van der Waals surface area contributed by atoms with Crippen LogP contribution in [0.2, 0.25) is 0 Å². The molecule has 1 spiro atoms. The van der Waals surface area contributed by atoms with Gasteiger partial charge < -0.3 is 14.8 Å². The molecule has 0 amide bonds. The monoisotopic (exact) mass is 427 g/mol. The number of ether oxygens (including phenoxy) is 2. The number of piperidine rings is 1. The zero-order chi connectivity index (χ0) is 21.4. The van der Waals surface area contributed by atoms with Crippen molar-refractivity contribution in [1.82, 2.24) is 5.32 Å². The molecule has 6 aliphatic rings. The maximum atomic E-state index is 6.94. The third kappa shape index (κ3) is 3.31. The Morgan fingerprint density at radius 2 is 1.97 bits per heavy atom. The van der Waals surface area contributed by atoms with Crippen molar-refractivity contribution in [2.45, 2.75) is 115 Å². The van der Waals surface area contributed by atoms with Crippen LogP contribution in [-0.4, -0.2) is 37.5 Å². The fourth-order valence-corrected chi connectivity index (χ4v) is 9.62. The molecule has 2 aliphatic heterocycles. The lowest BCUT2D eigenvalue weighted by Gasteiger charge is -2.54. The summed E-state index contributed by atoms with van der Waals surface area (Å²) in [4.78, 5) is 0. The fraction of sp³-hybridized carbons (Fsp3) is 0.929. The van der Waals surface area contributed by atoms with Gasteiger partial charge in [-0.25, -0.2) is 0 Å². The van der Waals surface area contributed by atoms with Gasteiger partial charge in [-0.1, -0.05) is 25.0 Å². The van der Waals surface area contributed by atoms with E-state index in [2.05, 4.69) is 26.1 Å². The number of rotatable bonds is 1. The molecule has 3 nitrogen and oxygen atoms in total. The standard InChI is InChI=1S/C28H45NO2/c1-17-11-26-25(29-16-17)15-28(31-26)10-8-21-22-6-5-19-12-20(30-4)7-9-27(19,3)24(22)13-23(21)18(2)14-28/h17,19-22,24-26,29H,5-16H2,1-4H3/t17-,19+,20-,21-,22-,24-,25-,26+,27-,28-/m0/s1. The molecule has 5 fully saturated rings. The van der Waals surface area contributed by atoms with Crippen molar-refractivity contribution in [2.75, 3.05) is 13.7 Å². The van der Waals surface area contributed by atoms with Gasteiger partial charge in [0.25, 0.3) is 0 Å². The Kier molecular flexibility index (Phi) is 5.17. The highest BCUT2D eigenvalue weighted by Crippen LogP contribution is 2.65. The number of nitrogens with one attached hydrogen (secondary N) is 1. The molecule has 2 heterocycles. The van der Waals surface area contributed by atoms with E-state index in [1.54, 1.807) is 5.57 Å². The maximum absolute atomic E-state index is 6.94. The molecule has 0 aromatic heterocycles. The number of methoxy groups -OCH3 is 1. The summed E-state index contributed by atoms with van der Waals surface area (Å²) in [6.45, 7) is 8.70. The number of hydrogen-bond acceptors (Lipinski definition) is 3. The van der Waals surface area contributed by atoms with Gasteiger partial charge in [0.05, 0.1) is 17.8 Å². The number of hydrogen-bond donors (Lipinski definition) is 1. The minimum Gasteiger partial charge on any atom is -0.381 e. The average molecular weight is 428 g/mol. The lowest BCUT2D eigenvalue weighted by Crippen LogP contribution is -2.47. The highest BCUT2D eigenvalue weighted by molar-refractivity contribution is 5.28. The van der Waals surface area contributed by atoms with Gasteiger partial charge in [-0.15, -0.1) is 0 Å². The molecule has 2 saturated heterocycles. The highest BCUT2D eigenvalue weighted by atomic mass is 16.5. The topological polar surface area (TPSA) is 30.5 Å². The van der Waals surface area contributed by atoms with Gasteiger partial charge in [0.1, 0.15) is 0 Å². The van der Waals surface area contributed by atoms with Crippen molar-refractivity contribution in [3.8, 4) is 0 Å². The first-order chi connectivity index (χ1) is 14.9. The zero-order valence-corrected chi connectivity index (χ0v) is 20.4. The molecule has 0 unspecified atom stereocenters. The molecule has 31 heavy (non-hydrogen) atoms. The SMILES string of the molecule is CO[C@H]1CC[C@@]2(C)[C@H](CC[C@H]3[C@@H]4CC[C@]5(CC(C)=C4C[C@@H]32)C[C@@H]2NC[C@@H](C)C[C@H]2O5)C1. The zero-order valence-electron chi connectivity index (χ0n) is 20.4. The van der Waals surface area contributed by atoms with Crippen LogP contribution in [0.4, 0.5) is 0 Å². The van der Waals surface area contributed by atoms with Crippen LogP contribution in [0.1, 0.15) is 91.4 Å². The minimum absolute atomic E-state index is 0.126. The van der Waals surface area contributed by atoms with Crippen molar-refractivity contribution < 1.29 is 9.47 Å². The van der Waals surface area contributed by atoms with E-state index in [0.717, 1.165) is 29.6 Å². The van der Waals surface area contributed by atoms with Crippen LogP contribution in [0, 0.1) is 35.0 Å². The van der Waals surface area contributed by atoms with E-state index in [9.17, 15) is 0 Å². The van der Waals surface area contributed by atoms with Gasteiger partial charge >= 0.3 is 0 Å². The van der Waals surface area contributed by atoms with Gasteiger partial charge in [0, 0.05) is 13.2 Å². The lowest BCUT2D eigenvalue weighted by molar-refractivity contribution is -0.0811. The summed E-state index contributed by atoms with van der Waals surface area (Å²) in [6, 6.07) is 0.602. The average Bonchev–Trinajstić information content (AvgIpc) is 3.26. The van der Waals surface area contributed by atoms with Crippen LogP contribution in [-0.2, 0) is 9.47 Å². The van der Waals surface area contributed by atoms with Crippen LogP contribution < -0.4 is 5.32 Å². The second-order valence-electron chi connectivity index (χ2n) is 12.9. The van der Waals surface area contributed by atoms with E-state index in [1.807, 2.05) is 12.7 Å². The lowest BCUT2D eigenvalue weighted by atomic mass is 9.52. The maximum Gasteiger partial charge on any atom is 0.0740 e. The molecular formula is C28H45NO2. The van der Waals surface area contributed by atoms with Gasteiger partial charge in [-0.3, -0.25) is 0 Å². The van der Waals surface area contributed by atoms with Crippen molar-refractivity contribution >= 4 is 0 Å². The second kappa shape index (κ2) is 7.57. The van der Waals surface area contributed by atoms with Crippen LogP contribution in [0.25, 0.3) is 0 Å². The first-order valence-corrected chi connectivity index (χ1v) is 13.5. The largest absolute Gasteiger partial charge is 0.381 e. The Bertz CT molecular complexity index is 747. The van der Waals surface area contributed by atoms with Crippen molar-refractivity contribution in [3.63, 3.8) is 0 Å². The third-order valence-corrected chi connectivity index (χ3v) is 11.3. The van der Waals surface area contributed by atoms with Gasteiger partial charge in [-0.2, -0.15) is 0 Å². The number of fused-ring (bicyclic) bond motifs is 6. The summed E-state index contributed by atoms with van der Waals surface area (Å²) >= 11 is 0. The van der Waals surface area contributed by atoms with Gasteiger partial charge in [0.15, 0.2) is 0 Å². The van der Waals surface area contributed by atoms with Crippen molar-refractivity contribution in [2.24, 2.45) is 35.0 Å². The molecule has 0 aromatic rings. The fourth-order valence-electron chi connectivity index (χ4n) is 9.62. The molecule has 3 heteroatoms. The molecule has 10 atom stereocenters. The van der Waals surface area contributed by atoms with Crippen LogP contribution >= 0.6 is 0 Å². The molecule has 6 rings (SSSR count). The molecule has 1 N–H and O–H groups in total. The summed E-state index contributed by atoms with van der Waals surface area (Å²) in [5.74, 6) is 4.34. The Balaban J connectivity index is 1.23. The smallest absolute Gasteiger partial charge is 0.0740 e. The van der Waals surface area contributed by atoms with E-state index < -0.39 is 0 Å². The summed E-state index contributed by atoms with van der Waals surface area (Å²) < 4.78 is 12.7. The normalized spacial score (nSPS) is 54.2. The Morgan fingerprint density at radius 3 is 2.81 bits per heavy atom. The molecular weight excluding hydrogens is 382 g/mol. The summed E-state index contributed by atoms with van der Waals surface area (Å²) in [7, 11) is 1.92. The van der Waals surface area contributed by atoms with Crippen LogP contribution in [0.3, 0.4) is 0 Å². The Labute approximate surface area is 190 Å². The molecule has 174 valence electrons. The highest BCUT2D eigenvalue weighted by Gasteiger charge is 2.57. The van der Waals surface area contributed by atoms with Crippen molar-refractivity contribution in [3.05, 3.63) is 11.1 Å². The Morgan fingerprint density at radius 1 is 1.10 bits per heavy atom. The van der Waals surface area contributed by atoms with Gasteiger partial charge in [0.2, 0.25) is 0 Å². The predicted octanol–water partition coefficient (Wildman–Crippen LogP) is 5.88. The first-order valence-electron chi connectivity index (χ1n) is 13.5. The van der Waals surface area contributed by atoms with E-state index in [1.165, 1.54) is 77.2 Å². The summed E-state index contributed by atoms with van der Waals surface area (Å²) in [5.41, 5.74) is 4.27. The second-order valence-corrected chi connectivity index (χ2v) is 12.9. The quantitative estimate of drug-likeness (QED) is 0.530. The third-order valence-electron chi connectivity index (χ3n) is 11.3. The van der Waals surface area contributed by atoms with Crippen LogP contribution in [0.15, 0.2) is 11.1 Å². The number of allylic oxidation sites excluding steroid dienone is 1. The Hall–Kier alpha value is -0.380. The van der Waals surface area contributed by atoms with Gasteiger partial charge in [-0.05, 0) is 119 Å². The van der Waals surface area contributed by atoms with Crippen LogP contribution in [0.5, 0.6) is 0 Å². The molecule has 0 aromatic carbocycles. The molecule has 3 saturated carbocycles. The van der Waals surface area contributed by atoms with E-state index in [0.29, 0.717) is 23.7 Å². The molecule has 0 bridgehead atoms. The molecule has 0 radical (unpaired) electrons. The first kappa shape index (κ1) is 21.2. The predicted molar refractivity (Wildman–Crippen MR) is 125 cm³/mol. The van der Waals surface area contributed by atoms with E-state index in [-0.39, 0.29) is 5.60 Å². The van der Waals surface area contributed by atoms with E-state index in [4.69, 9.17) is 9.47 Å². The summed E-state index contributed by atoms with van der Waals surface area (Å²) in [6.07, 6.45) is 15.6. The van der Waals surface area contributed by atoms with E-state index >= 15 is 0 Å².